The van der Waals surface area contributed by atoms with Crippen molar-refractivity contribution in [3.63, 3.8) is 0 Å². The predicted octanol–water partition coefficient (Wildman–Crippen LogP) is 6.51. The van der Waals surface area contributed by atoms with Gasteiger partial charge in [-0.05, 0) is 109 Å². The second-order valence-corrected chi connectivity index (χ2v) is 12.2. The highest BCUT2D eigenvalue weighted by Crippen LogP contribution is 2.67. The number of hydrogen-bond donors (Lipinski definition) is 1. The molecule has 32 heavy (non-hydrogen) atoms. The highest BCUT2D eigenvalue weighted by Gasteiger charge is 2.58. The molecule has 0 radical (unpaired) electrons. The Bertz CT molecular complexity index is 876. The summed E-state index contributed by atoms with van der Waals surface area (Å²) < 4.78 is 0. The molecule has 3 saturated carbocycles. The fourth-order valence-corrected chi connectivity index (χ4v) is 8.52. The lowest BCUT2D eigenvalue weighted by molar-refractivity contribution is -0.125. The third kappa shape index (κ3) is 3.55. The van der Waals surface area contributed by atoms with Gasteiger partial charge in [0.1, 0.15) is 0 Å². The Balaban J connectivity index is 1.29. The molecule has 0 saturated heterocycles. The molecule has 3 fully saturated rings. The first kappa shape index (κ1) is 22.2. The lowest BCUT2D eigenvalue weighted by Crippen LogP contribution is -2.53. The van der Waals surface area contributed by atoms with Crippen molar-refractivity contribution >= 4 is 11.5 Å². The van der Waals surface area contributed by atoms with Crippen LogP contribution in [0.4, 0.5) is 0 Å². The van der Waals surface area contributed by atoms with Gasteiger partial charge in [0, 0.05) is 24.9 Å². The lowest BCUT2D eigenvalue weighted by atomic mass is 9.44. The second-order valence-electron chi connectivity index (χ2n) is 12.2. The van der Waals surface area contributed by atoms with Crippen LogP contribution < -0.4 is 5.32 Å². The van der Waals surface area contributed by atoms with Crippen molar-refractivity contribution in [2.75, 3.05) is 6.54 Å². The molecule has 174 valence electrons. The first-order valence-corrected chi connectivity index (χ1v) is 13.2. The van der Waals surface area contributed by atoms with Crippen molar-refractivity contribution < 1.29 is 4.79 Å². The monoisotopic (exact) mass is 434 g/mol. The maximum Gasteiger partial charge on any atom is 0.222 e. The first-order chi connectivity index (χ1) is 15.3. The smallest absolute Gasteiger partial charge is 0.222 e. The summed E-state index contributed by atoms with van der Waals surface area (Å²) in [5.74, 6) is 4.38. The van der Waals surface area contributed by atoms with Crippen LogP contribution in [0.3, 0.4) is 0 Å². The van der Waals surface area contributed by atoms with Gasteiger partial charge >= 0.3 is 0 Å². The van der Waals surface area contributed by atoms with Crippen molar-refractivity contribution in [1.29, 1.82) is 0 Å². The van der Waals surface area contributed by atoms with E-state index in [2.05, 4.69) is 48.6 Å². The van der Waals surface area contributed by atoms with Gasteiger partial charge in [-0.3, -0.25) is 9.78 Å². The zero-order valence-electron chi connectivity index (χ0n) is 20.6. The molecule has 7 unspecified atom stereocenters. The molecule has 1 aromatic rings. The molecule has 4 aliphatic rings. The van der Waals surface area contributed by atoms with Gasteiger partial charge in [-0.1, -0.05) is 39.8 Å². The van der Waals surface area contributed by atoms with Crippen molar-refractivity contribution in [3.05, 3.63) is 36.2 Å². The average Bonchev–Trinajstić information content (AvgIpc) is 3.15. The van der Waals surface area contributed by atoms with Gasteiger partial charge < -0.3 is 5.32 Å². The number of allylic oxidation sites excluding steroid dienone is 2. The van der Waals surface area contributed by atoms with E-state index in [1.54, 1.807) is 5.57 Å². The van der Waals surface area contributed by atoms with E-state index in [4.69, 9.17) is 0 Å². The molecule has 3 nitrogen and oxygen atoms in total. The summed E-state index contributed by atoms with van der Waals surface area (Å²) in [5.41, 5.74) is 3.75. The number of carbonyl (C=O) groups is 1. The third-order valence-electron chi connectivity index (χ3n) is 10.4. The maximum atomic E-state index is 12.1. The van der Waals surface area contributed by atoms with Crippen LogP contribution in [0.25, 0.3) is 5.57 Å². The minimum atomic E-state index is 0.0902. The van der Waals surface area contributed by atoms with Crippen LogP contribution in [0.2, 0.25) is 0 Å². The third-order valence-corrected chi connectivity index (χ3v) is 10.4. The number of fused-ring (bicyclic) bond motifs is 5. The van der Waals surface area contributed by atoms with Crippen LogP contribution >= 0.6 is 0 Å². The number of nitrogens with one attached hydrogen (secondary N) is 1. The Morgan fingerprint density at radius 2 is 2.00 bits per heavy atom. The number of nitrogens with zero attached hydrogens (tertiary/aromatic N) is 1. The van der Waals surface area contributed by atoms with E-state index in [0.717, 1.165) is 30.2 Å². The summed E-state index contributed by atoms with van der Waals surface area (Å²) in [6.07, 6.45) is 17.3. The number of aromatic nitrogens is 1. The van der Waals surface area contributed by atoms with E-state index in [9.17, 15) is 4.79 Å². The zero-order chi connectivity index (χ0) is 22.5. The largest absolute Gasteiger partial charge is 0.356 e. The summed E-state index contributed by atoms with van der Waals surface area (Å²) in [5, 5.41) is 3.22. The van der Waals surface area contributed by atoms with Gasteiger partial charge in [0.25, 0.3) is 0 Å². The topological polar surface area (TPSA) is 42.0 Å². The molecule has 0 bridgehead atoms. The van der Waals surface area contributed by atoms with Gasteiger partial charge in [0.2, 0.25) is 5.91 Å². The Hall–Kier alpha value is -1.64. The number of amides is 1. The maximum absolute atomic E-state index is 12.1. The summed E-state index contributed by atoms with van der Waals surface area (Å²) in [6.45, 7) is 10.1. The zero-order valence-corrected chi connectivity index (χ0v) is 20.6. The average molecular weight is 435 g/mol. The fraction of sp³-hybridized carbons (Fsp3) is 0.724. The molecule has 4 aliphatic carbocycles. The van der Waals surface area contributed by atoms with Crippen LogP contribution in [0.1, 0.15) is 84.6 Å². The molecular weight excluding hydrogens is 392 g/mol. The summed E-state index contributed by atoms with van der Waals surface area (Å²) in [4.78, 5) is 16.5. The first-order valence-electron chi connectivity index (χ1n) is 13.2. The molecule has 0 aromatic carbocycles. The molecule has 1 aromatic heterocycles. The van der Waals surface area contributed by atoms with E-state index in [-0.39, 0.29) is 11.8 Å². The number of hydrogen-bond acceptors (Lipinski definition) is 2. The van der Waals surface area contributed by atoms with Crippen molar-refractivity contribution in [3.8, 4) is 0 Å². The van der Waals surface area contributed by atoms with Crippen LogP contribution in [0.15, 0.2) is 30.6 Å². The molecule has 5 rings (SSSR count). The van der Waals surface area contributed by atoms with Crippen LogP contribution in [0, 0.1) is 46.3 Å². The summed E-state index contributed by atoms with van der Waals surface area (Å²) in [7, 11) is 0. The Morgan fingerprint density at radius 1 is 1.16 bits per heavy atom. The minimum absolute atomic E-state index is 0.0902. The van der Waals surface area contributed by atoms with E-state index < -0.39 is 0 Å². The van der Waals surface area contributed by atoms with Crippen LogP contribution in [0.5, 0.6) is 0 Å². The Labute approximate surface area is 194 Å². The molecule has 7 atom stereocenters. The molecule has 1 amide bonds. The molecule has 0 aliphatic heterocycles. The molecule has 3 heteroatoms. The van der Waals surface area contributed by atoms with Crippen molar-refractivity contribution in [2.24, 2.45) is 46.3 Å². The number of rotatable bonds is 4. The van der Waals surface area contributed by atoms with Gasteiger partial charge in [0.15, 0.2) is 0 Å². The molecule has 0 spiro atoms. The Kier molecular flexibility index (Phi) is 5.75. The lowest BCUT2D eigenvalue weighted by Gasteiger charge is -2.61. The minimum Gasteiger partial charge on any atom is -0.356 e. The summed E-state index contributed by atoms with van der Waals surface area (Å²) in [6, 6.07) is 4.35. The summed E-state index contributed by atoms with van der Waals surface area (Å²) >= 11 is 0. The van der Waals surface area contributed by atoms with Gasteiger partial charge in [-0.2, -0.15) is 0 Å². The molecule has 1 N–H and O–H groups in total. The predicted molar refractivity (Wildman–Crippen MR) is 131 cm³/mol. The quantitative estimate of drug-likeness (QED) is 0.587. The van der Waals surface area contributed by atoms with Gasteiger partial charge in [0.05, 0.1) is 0 Å². The Morgan fingerprint density at radius 3 is 2.75 bits per heavy atom. The van der Waals surface area contributed by atoms with E-state index in [1.165, 1.54) is 56.9 Å². The van der Waals surface area contributed by atoms with Crippen molar-refractivity contribution in [1.82, 2.24) is 10.3 Å². The molecule has 1 heterocycles. The van der Waals surface area contributed by atoms with Gasteiger partial charge in [-0.25, -0.2) is 0 Å². The van der Waals surface area contributed by atoms with Crippen LogP contribution in [-0.2, 0) is 4.79 Å². The standard InChI is InChI=1S/C29H42N2O/c1-19(2)27(32)31-17-20-11-13-28(3)22(16-20)7-8-23-25-10-9-24(21-6-5-15-30-18-21)29(25,4)14-12-26(23)28/h5-6,9,15,18-20,22-23,25-26H,7-8,10-14,16-17H2,1-4H3,(H,31,32). The number of pyridine rings is 1. The number of carbonyl (C=O) groups excluding carboxylic acids is 1. The second kappa shape index (κ2) is 8.29. The van der Waals surface area contributed by atoms with E-state index in [0.29, 0.717) is 16.7 Å². The van der Waals surface area contributed by atoms with E-state index in [1.807, 2.05) is 20.0 Å². The SMILES string of the molecule is CC(C)C(=O)NCC1CCC2(C)C(CCC3C4CC=C(c5cccnc5)C4(C)CCC32)C1. The van der Waals surface area contributed by atoms with Gasteiger partial charge in [-0.15, -0.1) is 0 Å². The van der Waals surface area contributed by atoms with Crippen LogP contribution in [-0.4, -0.2) is 17.4 Å². The van der Waals surface area contributed by atoms with E-state index >= 15 is 0 Å². The normalized spacial score (nSPS) is 40.8. The fourth-order valence-electron chi connectivity index (χ4n) is 8.52. The van der Waals surface area contributed by atoms with Crippen molar-refractivity contribution in [2.45, 2.75) is 79.1 Å². The highest BCUT2D eigenvalue weighted by atomic mass is 16.1. The molecular formula is C29H42N2O. The highest BCUT2D eigenvalue weighted by molar-refractivity contribution is 5.77.